The van der Waals surface area contributed by atoms with E-state index in [2.05, 4.69) is 27.7 Å². The van der Waals surface area contributed by atoms with Crippen molar-refractivity contribution in [3.8, 4) is 0 Å². The molecule has 0 aliphatic carbocycles. The first-order valence-corrected chi connectivity index (χ1v) is 8.68. The Hall–Kier alpha value is -2.08. The number of nitrogens with two attached hydrogens (primary N) is 1. The van der Waals surface area contributed by atoms with Crippen molar-refractivity contribution in [1.82, 2.24) is 15.5 Å². The smallest absolute Gasteiger partial charge is 0.312 e. The van der Waals surface area contributed by atoms with E-state index < -0.39 is 12.1 Å². The fourth-order valence-electron chi connectivity index (χ4n) is 2.94. The van der Waals surface area contributed by atoms with E-state index in [4.69, 9.17) is 5.73 Å². The van der Waals surface area contributed by atoms with Gasteiger partial charge < -0.3 is 16.4 Å². The molecule has 1 aliphatic heterocycles. The average Bonchev–Trinajstić information content (AvgIpc) is 2.82. The van der Waals surface area contributed by atoms with Crippen LogP contribution in [0.15, 0.2) is 24.3 Å². The fraction of sp³-hybridized carbons (Fsp3) is 0.556. The molecule has 0 radical (unpaired) electrons. The summed E-state index contributed by atoms with van der Waals surface area (Å²) in [5, 5.41) is 5.15. The van der Waals surface area contributed by atoms with Crippen molar-refractivity contribution in [3.05, 3.63) is 35.4 Å². The van der Waals surface area contributed by atoms with Crippen molar-refractivity contribution in [2.45, 2.75) is 51.7 Å². The number of carbonyl (C=O) groups excluding carboxylic acids is 2. The molecule has 24 heavy (non-hydrogen) atoms. The van der Waals surface area contributed by atoms with Crippen molar-refractivity contribution in [2.24, 2.45) is 5.73 Å². The largest absolute Gasteiger partial charge is 0.352 e. The number of hydrogen-bond acceptors (Lipinski definition) is 3. The van der Waals surface area contributed by atoms with Crippen LogP contribution in [0.1, 0.15) is 43.7 Å². The summed E-state index contributed by atoms with van der Waals surface area (Å²) in [6.45, 7) is 5.40. The molecule has 6 nitrogen and oxygen atoms in total. The van der Waals surface area contributed by atoms with Gasteiger partial charge in [0.2, 0.25) is 5.91 Å². The zero-order valence-electron chi connectivity index (χ0n) is 14.4. The van der Waals surface area contributed by atoms with Crippen LogP contribution in [-0.2, 0) is 17.9 Å². The van der Waals surface area contributed by atoms with Crippen LogP contribution in [0.3, 0.4) is 0 Å². The van der Waals surface area contributed by atoms with Gasteiger partial charge in [-0.25, -0.2) is 4.79 Å². The molecule has 1 heterocycles. The number of primary amides is 1. The Labute approximate surface area is 143 Å². The van der Waals surface area contributed by atoms with Crippen LogP contribution >= 0.6 is 0 Å². The van der Waals surface area contributed by atoms with E-state index >= 15 is 0 Å². The monoisotopic (exact) mass is 332 g/mol. The molecule has 1 aromatic carbocycles. The van der Waals surface area contributed by atoms with Gasteiger partial charge in [-0.1, -0.05) is 37.1 Å². The lowest BCUT2D eigenvalue weighted by atomic mass is 10.1. The first-order chi connectivity index (χ1) is 11.5. The van der Waals surface area contributed by atoms with Gasteiger partial charge >= 0.3 is 6.03 Å². The van der Waals surface area contributed by atoms with Gasteiger partial charge in [-0.05, 0) is 44.0 Å². The number of benzene rings is 1. The van der Waals surface area contributed by atoms with Crippen LogP contribution in [-0.4, -0.2) is 36.0 Å². The van der Waals surface area contributed by atoms with Crippen molar-refractivity contribution >= 4 is 11.9 Å². The maximum absolute atomic E-state index is 11.8. The highest BCUT2D eigenvalue weighted by atomic mass is 16.2. The summed E-state index contributed by atoms with van der Waals surface area (Å²) >= 11 is 0. The Kier molecular flexibility index (Phi) is 7.06. The molecule has 1 atom stereocenters. The third-order valence-corrected chi connectivity index (χ3v) is 4.35. The van der Waals surface area contributed by atoms with Crippen molar-refractivity contribution in [1.29, 1.82) is 0 Å². The molecule has 0 aromatic heterocycles. The summed E-state index contributed by atoms with van der Waals surface area (Å²) in [5.74, 6) is -0.248. The first kappa shape index (κ1) is 18.3. The molecule has 0 bridgehead atoms. The summed E-state index contributed by atoms with van der Waals surface area (Å²) in [7, 11) is 0. The zero-order chi connectivity index (χ0) is 17.4. The Balaban J connectivity index is 1.79. The number of nitrogens with one attached hydrogen (secondary N) is 2. The quantitative estimate of drug-likeness (QED) is 0.741. The fourth-order valence-corrected chi connectivity index (χ4v) is 2.94. The predicted molar refractivity (Wildman–Crippen MR) is 94.2 cm³/mol. The Morgan fingerprint density at radius 1 is 1.08 bits per heavy atom. The molecule has 1 aromatic rings. The molecule has 1 saturated heterocycles. The second kappa shape index (κ2) is 9.27. The van der Waals surface area contributed by atoms with Gasteiger partial charge in [0.15, 0.2) is 0 Å². The lowest BCUT2D eigenvalue weighted by Crippen LogP contribution is -2.46. The number of likely N-dealkylation sites (tertiary alicyclic amines) is 1. The number of carbonyl (C=O) groups is 2. The molecule has 6 heteroatoms. The number of hydrogen-bond donors (Lipinski definition) is 3. The molecule has 0 saturated carbocycles. The normalized spacial score (nSPS) is 16.9. The van der Waals surface area contributed by atoms with Gasteiger partial charge in [-0.3, -0.25) is 9.69 Å². The van der Waals surface area contributed by atoms with E-state index in [9.17, 15) is 9.59 Å². The molecule has 2 rings (SSSR count). The van der Waals surface area contributed by atoms with E-state index in [-0.39, 0.29) is 5.91 Å². The molecule has 3 amide bonds. The Bertz CT molecular complexity index is 536. The van der Waals surface area contributed by atoms with E-state index in [1.807, 2.05) is 12.1 Å². The van der Waals surface area contributed by atoms with Crippen LogP contribution in [0, 0.1) is 0 Å². The molecule has 132 valence electrons. The second-order valence-electron chi connectivity index (χ2n) is 6.45. The van der Waals surface area contributed by atoms with Gasteiger partial charge in [0, 0.05) is 13.1 Å². The Morgan fingerprint density at radius 2 is 1.67 bits per heavy atom. The molecule has 1 aliphatic rings. The lowest BCUT2D eigenvalue weighted by Gasteiger charge is -2.20. The second-order valence-corrected chi connectivity index (χ2v) is 6.45. The van der Waals surface area contributed by atoms with Gasteiger partial charge in [-0.15, -0.1) is 0 Å². The summed E-state index contributed by atoms with van der Waals surface area (Å²) in [4.78, 5) is 25.1. The molecular weight excluding hydrogens is 304 g/mol. The minimum absolute atomic E-state index is 0.248. The number of rotatable bonds is 6. The van der Waals surface area contributed by atoms with Crippen LogP contribution in [0.25, 0.3) is 0 Å². The minimum Gasteiger partial charge on any atom is -0.352 e. The average molecular weight is 332 g/mol. The van der Waals surface area contributed by atoms with E-state index in [0.717, 1.165) is 12.1 Å². The van der Waals surface area contributed by atoms with Crippen LogP contribution in [0.5, 0.6) is 0 Å². The van der Waals surface area contributed by atoms with E-state index in [1.54, 1.807) is 6.92 Å². The number of urea groups is 1. The number of nitrogens with zero attached hydrogens (tertiary/aromatic N) is 1. The van der Waals surface area contributed by atoms with Crippen LogP contribution in [0.2, 0.25) is 0 Å². The van der Waals surface area contributed by atoms with E-state index in [0.29, 0.717) is 6.54 Å². The summed E-state index contributed by atoms with van der Waals surface area (Å²) in [5.41, 5.74) is 7.35. The van der Waals surface area contributed by atoms with Gasteiger partial charge in [0.05, 0.1) is 0 Å². The summed E-state index contributed by atoms with van der Waals surface area (Å²) in [6, 6.07) is 6.99. The molecule has 4 N–H and O–H groups in total. The molecule has 0 unspecified atom stereocenters. The maximum atomic E-state index is 11.8. The first-order valence-electron chi connectivity index (χ1n) is 8.68. The van der Waals surface area contributed by atoms with Crippen molar-refractivity contribution < 1.29 is 9.59 Å². The van der Waals surface area contributed by atoms with Crippen LogP contribution in [0.4, 0.5) is 4.79 Å². The molecular formula is C18H28N4O2. The van der Waals surface area contributed by atoms with Crippen molar-refractivity contribution in [2.75, 3.05) is 13.1 Å². The third kappa shape index (κ3) is 6.20. The highest BCUT2D eigenvalue weighted by Gasteiger charge is 2.13. The van der Waals surface area contributed by atoms with Crippen LogP contribution < -0.4 is 16.4 Å². The van der Waals surface area contributed by atoms with Crippen molar-refractivity contribution in [3.63, 3.8) is 0 Å². The van der Waals surface area contributed by atoms with E-state index in [1.165, 1.54) is 44.3 Å². The van der Waals surface area contributed by atoms with Gasteiger partial charge in [0.25, 0.3) is 0 Å². The highest BCUT2D eigenvalue weighted by molar-refractivity contribution is 5.86. The lowest BCUT2D eigenvalue weighted by molar-refractivity contribution is -0.122. The molecule has 1 fully saturated rings. The zero-order valence-corrected chi connectivity index (χ0v) is 14.4. The van der Waals surface area contributed by atoms with Gasteiger partial charge in [0.1, 0.15) is 6.04 Å². The predicted octanol–water partition coefficient (Wildman–Crippen LogP) is 1.74. The Morgan fingerprint density at radius 3 is 2.25 bits per heavy atom. The van der Waals surface area contributed by atoms with Gasteiger partial charge in [-0.2, -0.15) is 0 Å². The summed E-state index contributed by atoms with van der Waals surface area (Å²) < 4.78 is 0. The third-order valence-electron chi connectivity index (χ3n) is 4.35. The maximum Gasteiger partial charge on any atom is 0.312 e. The highest BCUT2D eigenvalue weighted by Crippen LogP contribution is 2.13. The standard InChI is InChI=1S/C18H28N4O2/c1-14(21-18(19)24)17(23)20-12-15-6-8-16(9-7-15)13-22-10-4-2-3-5-11-22/h6-9,14H,2-5,10-13H2,1H3,(H,20,23)(H3,19,21,24)/t14-/m1/s1. The topological polar surface area (TPSA) is 87.5 Å². The number of amides is 3. The molecule has 0 spiro atoms. The summed E-state index contributed by atoms with van der Waals surface area (Å²) in [6.07, 6.45) is 5.28. The minimum atomic E-state index is -0.699. The SMILES string of the molecule is C[C@@H](NC(N)=O)C(=O)NCc1ccc(CN2CCCCCC2)cc1.